The largest absolute Gasteiger partial charge is 0.492 e. The van der Waals surface area contributed by atoms with Gasteiger partial charge in [0.05, 0.1) is 12.2 Å². The molecule has 1 saturated carbocycles. The summed E-state index contributed by atoms with van der Waals surface area (Å²) in [6.45, 7) is 0.661. The standard InChI is InChI=1S/C18H19N3O2/c19-11-15-10-14(18-20-9-8-17(22)21-18)6-7-16(15)23-12-13-4-2-1-3-5-13/h6-10,13H,1-5,12H2,(H,20,21,22). The molecule has 0 saturated heterocycles. The first-order valence-corrected chi connectivity index (χ1v) is 7.99. The van der Waals surface area contributed by atoms with E-state index in [1.165, 1.54) is 44.4 Å². The predicted molar refractivity (Wildman–Crippen MR) is 87.1 cm³/mol. The van der Waals surface area contributed by atoms with Crippen molar-refractivity contribution >= 4 is 0 Å². The van der Waals surface area contributed by atoms with Crippen molar-refractivity contribution in [2.24, 2.45) is 5.92 Å². The zero-order valence-electron chi connectivity index (χ0n) is 12.9. The number of aromatic amines is 1. The van der Waals surface area contributed by atoms with E-state index in [9.17, 15) is 10.1 Å². The number of rotatable bonds is 4. The van der Waals surface area contributed by atoms with Crippen LogP contribution in [0.25, 0.3) is 11.4 Å². The Hall–Kier alpha value is -2.61. The third-order valence-electron chi connectivity index (χ3n) is 4.24. The van der Waals surface area contributed by atoms with Gasteiger partial charge in [-0.3, -0.25) is 4.79 Å². The molecule has 1 heterocycles. The van der Waals surface area contributed by atoms with E-state index in [1.807, 2.05) is 6.07 Å². The number of ether oxygens (including phenoxy) is 1. The van der Waals surface area contributed by atoms with Crippen LogP contribution in [0.5, 0.6) is 5.75 Å². The Morgan fingerprint density at radius 1 is 1.26 bits per heavy atom. The van der Waals surface area contributed by atoms with Crippen molar-refractivity contribution in [2.75, 3.05) is 6.61 Å². The van der Waals surface area contributed by atoms with Gasteiger partial charge in [-0.25, -0.2) is 4.98 Å². The summed E-state index contributed by atoms with van der Waals surface area (Å²) in [5.41, 5.74) is 0.945. The second-order valence-corrected chi connectivity index (χ2v) is 5.92. The van der Waals surface area contributed by atoms with Crippen LogP contribution in [0.15, 0.2) is 35.3 Å². The SMILES string of the molecule is N#Cc1cc(-c2nccc(=O)[nH]2)ccc1OCC1CCCCC1. The number of hydrogen-bond donors (Lipinski definition) is 1. The monoisotopic (exact) mass is 309 g/mol. The van der Waals surface area contributed by atoms with Crippen molar-refractivity contribution in [3.05, 3.63) is 46.4 Å². The summed E-state index contributed by atoms with van der Waals surface area (Å²) >= 11 is 0. The molecule has 1 aliphatic rings. The predicted octanol–water partition coefficient (Wildman–Crippen LogP) is 3.27. The average Bonchev–Trinajstić information content (AvgIpc) is 2.60. The Balaban J connectivity index is 1.77. The molecule has 23 heavy (non-hydrogen) atoms. The van der Waals surface area contributed by atoms with E-state index in [1.54, 1.807) is 12.1 Å². The van der Waals surface area contributed by atoms with Gasteiger partial charge in [-0.15, -0.1) is 0 Å². The molecule has 1 N–H and O–H groups in total. The zero-order chi connectivity index (χ0) is 16.1. The molecule has 1 fully saturated rings. The van der Waals surface area contributed by atoms with E-state index in [4.69, 9.17) is 4.74 Å². The number of H-pyrrole nitrogens is 1. The van der Waals surface area contributed by atoms with Crippen molar-refractivity contribution in [1.82, 2.24) is 9.97 Å². The molecule has 0 aliphatic heterocycles. The molecule has 3 rings (SSSR count). The van der Waals surface area contributed by atoms with Crippen LogP contribution in [-0.4, -0.2) is 16.6 Å². The van der Waals surface area contributed by atoms with Crippen molar-refractivity contribution in [1.29, 1.82) is 5.26 Å². The minimum absolute atomic E-state index is 0.217. The fraction of sp³-hybridized carbons (Fsp3) is 0.389. The number of nitrogens with zero attached hydrogens (tertiary/aromatic N) is 2. The van der Waals surface area contributed by atoms with E-state index < -0.39 is 0 Å². The zero-order valence-corrected chi connectivity index (χ0v) is 12.9. The molecule has 118 valence electrons. The fourth-order valence-corrected chi connectivity index (χ4v) is 2.97. The van der Waals surface area contributed by atoms with Gasteiger partial charge in [0, 0.05) is 17.8 Å². The van der Waals surface area contributed by atoms with E-state index in [0.29, 0.717) is 35.2 Å². The fourth-order valence-electron chi connectivity index (χ4n) is 2.97. The summed E-state index contributed by atoms with van der Waals surface area (Å²) in [6, 6.07) is 8.82. The number of hydrogen-bond acceptors (Lipinski definition) is 4. The van der Waals surface area contributed by atoms with Crippen LogP contribution in [0, 0.1) is 17.2 Å². The van der Waals surface area contributed by atoms with Crippen LogP contribution in [-0.2, 0) is 0 Å². The molecule has 1 aliphatic carbocycles. The van der Waals surface area contributed by atoms with E-state index in [2.05, 4.69) is 16.0 Å². The van der Waals surface area contributed by atoms with Crippen molar-refractivity contribution in [3.8, 4) is 23.2 Å². The van der Waals surface area contributed by atoms with Gasteiger partial charge in [0.25, 0.3) is 5.56 Å². The first-order valence-electron chi connectivity index (χ1n) is 7.99. The molecule has 0 unspecified atom stereocenters. The van der Waals surface area contributed by atoms with Crippen LogP contribution in [0.4, 0.5) is 0 Å². The Kier molecular flexibility index (Phi) is 4.72. The smallest absolute Gasteiger partial charge is 0.251 e. The summed E-state index contributed by atoms with van der Waals surface area (Å²) in [5.74, 6) is 1.63. The highest BCUT2D eigenvalue weighted by atomic mass is 16.5. The lowest BCUT2D eigenvalue weighted by atomic mass is 9.90. The van der Waals surface area contributed by atoms with Crippen LogP contribution >= 0.6 is 0 Å². The highest BCUT2D eigenvalue weighted by Crippen LogP contribution is 2.27. The first kappa shape index (κ1) is 15.3. The van der Waals surface area contributed by atoms with Gasteiger partial charge in [-0.1, -0.05) is 19.3 Å². The van der Waals surface area contributed by atoms with Crippen molar-refractivity contribution < 1.29 is 4.74 Å². The molecule has 0 amide bonds. The number of nitrogens with one attached hydrogen (secondary N) is 1. The summed E-state index contributed by atoms with van der Waals surface area (Å²) in [5, 5.41) is 9.36. The van der Waals surface area contributed by atoms with Crippen LogP contribution < -0.4 is 10.3 Å². The molecular weight excluding hydrogens is 290 g/mol. The molecular formula is C18H19N3O2. The summed E-state index contributed by atoms with van der Waals surface area (Å²) in [7, 11) is 0. The summed E-state index contributed by atoms with van der Waals surface area (Å²) in [6.07, 6.45) is 7.71. The second-order valence-electron chi connectivity index (χ2n) is 5.92. The van der Waals surface area contributed by atoms with Gasteiger partial charge in [-0.05, 0) is 37.0 Å². The topological polar surface area (TPSA) is 78.8 Å². The highest BCUT2D eigenvalue weighted by Gasteiger charge is 2.15. The second kappa shape index (κ2) is 7.10. The van der Waals surface area contributed by atoms with E-state index >= 15 is 0 Å². The Morgan fingerprint density at radius 3 is 2.83 bits per heavy atom. The van der Waals surface area contributed by atoms with Crippen molar-refractivity contribution in [3.63, 3.8) is 0 Å². The maximum Gasteiger partial charge on any atom is 0.251 e. The third-order valence-corrected chi connectivity index (χ3v) is 4.24. The first-order chi connectivity index (χ1) is 11.3. The van der Waals surface area contributed by atoms with Gasteiger partial charge >= 0.3 is 0 Å². The molecule has 2 aromatic rings. The number of aromatic nitrogens is 2. The normalized spacial score (nSPS) is 15.1. The lowest BCUT2D eigenvalue weighted by molar-refractivity contribution is 0.208. The molecule has 5 heteroatoms. The van der Waals surface area contributed by atoms with Gasteiger partial charge in [0.2, 0.25) is 0 Å². The minimum atomic E-state index is -0.217. The molecule has 0 atom stereocenters. The van der Waals surface area contributed by atoms with Gasteiger partial charge < -0.3 is 9.72 Å². The highest BCUT2D eigenvalue weighted by molar-refractivity contribution is 5.61. The molecule has 1 aromatic carbocycles. The van der Waals surface area contributed by atoms with Crippen molar-refractivity contribution in [2.45, 2.75) is 32.1 Å². The Labute approximate surface area is 135 Å². The van der Waals surface area contributed by atoms with Crippen LogP contribution in [0.3, 0.4) is 0 Å². The van der Waals surface area contributed by atoms with Crippen LogP contribution in [0.2, 0.25) is 0 Å². The van der Waals surface area contributed by atoms with E-state index in [-0.39, 0.29) is 5.56 Å². The Morgan fingerprint density at radius 2 is 2.09 bits per heavy atom. The van der Waals surface area contributed by atoms with E-state index in [0.717, 1.165) is 0 Å². The average molecular weight is 309 g/mol. The molecule has 0 spiro atoms. The number of nitriles is 1. The maximum absolute atomic E-state index is 11.4. The summed E-state index contributed by atoms with van der Waals surface area (Å²) < 4.78 is 5.87. The van der Waals surface area contributed by atoms with Gasteiger partial charge in [-0.2, -0.15) is 5.26 Å². The quantitative estimate of drug-likeness (QED) is 0.940. The maximum atomic E-state index is 11.4. The Bertz CT molecular complexity index is 770. The summed E-state index contributed by atoms with van der Waals surface area (Å²) in [4.78, 5) is 18.2. The minimum Gasteiger partial charge on any atom is -0.492 e. The molecule has 0 radical (unpaired) electrons. The van der Waals surface area contributed by atoms with Gasteiger partial charge in [0.1, 0.15) is 17.6 Å². The van der Waals surface area contributed by atoms with Crippen LogP contribution in [0.1, 0.15) is 37.7 Å². The molecule has 5 nitrogen and oxygen atoms in total. The third kappa shape index (κ3) is 3.78. The lowest BCUT2D eigenvalue weighted by Gasteiger charge is -2.22. The molecule has 0 bridgehead atoms. The molecule has 1 aromatic heterocycles. The van der Waals surface area contributed by atoms with Gasteiger partial charge in [0.15, 0.2) is 0 Å². The lowest BCUT2D eigenvalue weighted by Crippen LogP contribution is -2.15. The number of benzene rings is 1.